The Balaban J connectivity index is 2.58. The summed E-state index contributed by atoms with van der Waals surface area (Å²) in [5.74, 6) is 0.298. The van der Waals surface area contributed by atoms with Crippen LogP contribution in [-0.4, -0.2) is 6.54 Å². The maximum atomic E-state index is 13.2. The van der Waals surface area contributed by atoms with Crippen LogP contribution >= 0.6 is 0 Å². The zero-order chi connectivity index (χ0) is 13.1. The quantitative estimate of drug-likeness (QED) is 0.764. The van der Waals surface area contributed by atoms with Gasteiger partial charge in [-0.25, -0.2) is 4.39 Å². The van der Waals surface area contributed by atoms with Crippen LogP contribution in [0.15, 0.2) is 18.2 Å². The van der Waals surface area contributed by atoms with Gasteiger partial charge in [-0.1, -0.05) is 27.7 Å². The molecule has 1 aromatic carbocycles. The van der Waals surface area contributed by atoms with E-state index in [0.717, 1.165) is 18.7 Å². The van der Waals surface area contributed by atoms with Gasteiger partial charge in [0, 0.05) is 12.2 Å². The van der Waals surface area contributed by atoms with E-state index in [2.05, 4.69) is 33.0 Å². The third-order valence-electron chi connectivity index (χ3n) is 2.73. The highest BCUT2D eigenvalue weighted by Crippen LogP contribution is 2.26. The van der Waals surface area contributed by atoms with Gasteiger partial charge >= 0.3 is 0 Å². The van der Waals surface area contributed by atoms with Crippen LogP contribution in [0, 0.1) is 17.2 Å². The Morgan fingerprint density at radius 1 is 1.35 bits per heavy atom. The summed E-state index contributed by atoms with van der Waals surface area (Å²) in [4.78, 5) is 0. The van der Waals surface area contributed by atoms with Crippen molar-refractivity contribution in [3.8, 4) is 0 Å². The maximum absolute atomic E-state index is 13.2. The summed E-state index contributed by atoms with van der Waals surface area (Å²) >= 11 is 0. The molecular weight excluding hydrogens is 215 g/mol. The topological polar surface area (TPSA) is 38.0 Å². The minimum absolute atomic E-state index is 0.192. The molecule has 0 radical (unpaired) electrons. The molecule has 2 nitrogen and oxygen atoms in total. The van der Waals surface area contributed by atoms with Gasteiger partial charge in [-0.15, -0.1) is 0 Å². The molecule has 1 rings (SSSR count). The largest absolute Gasteiger partial charge is 0.396 e. The molecule has 0 fully saturated rings. The van der Waals surface area contributed by atoms with Gasteiger partial charge in [-0.3, -0.25) is 0 Å². The Morgan fingerprint density at radius 3 is 2.53 bits per heavy atom. The highest BCUT2D eigenvalue weighted by atomic mass is 19.1. The van der Waals surface area contributed by atoms with E-state index < -0.39 is 0 Å². The summed E-state index contributed by atoms with van der Waals surface area (Å²) in [6.07, 6.45) is 1.14. The number of halogens is 1. The number of nitrogens with one attached hydrogen (secondary N) is 1. The molecule has 0 spiro atoms. The smallest absolute Gasteiger partial charge is 0.148 e. The molecule has 0 aliphatic rings. The number of rotatable bonds is 5. The molecule has 0 unspecified atom stereocenters. The molecule has 0 saturated carbocycles. The zero-order valence-corrected chi connectivity index (χ0v) is 11.2. The molecule has 0 aliphatic heterocycles. The first-order chi connectivity index (χ1) is 7.80. The van der Waals surface area contributed by atoms with E-state index >= 15 is 0 Å². The zero-order valence-electron chi connectivity index (χ0n) is 11.2. The third-order valence-corrected chi connectivity index (χ3v) is 2.73. The Labute approximate surface area is 103 Å². The van der Waals surface area contributed by atoms with Gasteiger partial charge in [-0.2, -0.15) is 0 Å². The number of hydrogen-bond acceptors (Lipinski definition) is 2. The Bertz CT molecular complexity index is 372. The predicted molar refractivity (Wildman–Crippen MR) is 72.5 cm³/mol. The van der Waals surface area contributed by atoms with Crippen molar-refractivity contribution >= 4 is 11.4 Å². The standard InChI is InChI=1S/C14H23FN2/c1-10(2)8-14(3,4)9-17-11-5-6-13(16)12(15)7-11/h5-7,10,17H,8-9,16H2,1-4H3. The van der Waals surface area contributed by atoms with E-state index in [1.807, 2.05) is 6.07 Å². The molecule has 0 aromatic heterocycles. The van der Waals surface area contributed by atoms with Gasteiger partial charge in [0.15, 0.2) is 0 Å². The molecule has 0 saturated heterocycles. The molecule has 0 heterocycles. The molecule has 0 bridgehead atoms. The van der Waals surface area contributed by atoms with Gasteiger partial charge in [-0.05, 0) is 36.0 Å². The average Bonchev–Trinajstić information content (AvgIpc) is 2.18. The molecule has 96 valence electrons. The summed E-state index contributed by atoms with van der Waals surface area (Å²) in [5.41, 5.74) is 6.61. The average molecular weight is 238 g/mol. The van der Waals surface area contributed by atoms with Crippen LogP contribution in [0.4, 0.5) is 15.8 Å². The molecule has 0 amide bonds. The summed E-state index contributed by atoms with van der Waals surface area (Å²) < 4.78 is 13.2. The van der Waals surface area contributed by atoms with Gasteiger partial charge in [0.25, 0.3) is 0 Å². The lowest BCUT2D eigenvalue weighted by Gasteiger charge is -2.27. The van der Waals surface area contributed by atoms with Crippen LogP contribution in [0.1, 0.15) is 34.1 Å². The fourth-order valence-corrected chi connectivity index (χ4v) is 2.16. The van der Waals surface area contributed by atoms with E-state index in [9.17, 15) is 4.39 Å². The maximum Gasteiger partial charge on any atom is 0.148 e. The van der Waals surface area contributed by atoms with Gasteiger partial charge < -0.3 is 11.1 Å². The summed E-state index contributed by atoms with van der Waals surface area (Å²) in [7, 11) is 0. The van der Waals surface area contributed by atoms with E-state index in [1.54, 1.807) is 6.07 Å². The Morgan fingerprint density at radius 2 is 2.00 bits per heavy atom. The fraction of sp³-hybridized carbons (Fsp3) is 0.571. The van der Waals surface area contributed by atoms with Gasteiger partial charge in [0.05, 0.1) is 5.69 Å². The number of benzene rings is 1. The first-order valence-electron chi connectivity index (χ1n) is 6.09. The van der Waals surface area contributed by atoms with Crippen molar-refractivity contribution in [3.63, 3.8) is 0 Å². The molecule has 3 N–H and O–H groups in total. The van der Waals surface area contributed by atoms with Crippen molar-refractivity contribution < 1.29 is 4.39 Å². The lowest BCUT2D eigenvalue weighted by atomic mass is 9.84. The second-order valence-electron chi connectivity index (χ2n) is 5.85. The molecule has 1 aromatic rings. The monoisotopic (exact) mass is 238 g/mol. The third kappa shape index (κ3) is 4.63. The van der Waals surface area contributed by atoms with Crippen molar-refractivity contribution in [1.29, 1.82) is 0 Å². The predicted octanol–water partition coefficient (Wildman–Crippen LogP) is 3.89. The van der Waals surface area contributed by atoms with E-state index in [0.29, 0.717) is 5.92 Å². The SMILES string of the molecule is CC(C)CC(C)(C)CNc1ccc(N)c(F)c1. The molecular formula is C14H23FN2. The first kappa shape index (κ1) is 13.8. The first-order valence-corrected chi connectivity index (χ1v) is 6.09. The van der Waals surface area contributed by atoms with E-state index in [1.165, 1.54) is 6.07 Å². The van der Waals surface area contributed by atoms with Crippen LogP contribution in [0.5, 0.6) is 0 Å². The van der Waals surface area contributed by atoms with Crippen molar-refractivity contribution in [2.24, 2.45) is 11.3 Å². The van der Waals surface area contributed by atoms with Crippen LogP contribution < -0.4 is 11.1 Å². The normalized spacial score (nSPS) is 11.9. The van der Waals surface area contributed by atoms with E-state index in [4.69, 9.17) is 5.73 Å². The summed E-state index contributed by atoms with van der Waals surface area (Å²) in [5, 5.41) is 3.26. The highest BCUT2D eigenvalue weighted by Gasteiger charge is 2.19. The van der Waals surface area contributed by atoms with Gasteiger partial charge in [0.1, 0.15) is 5.82 Å². The molecule has 0 atom stereocenters. The lowest BCUT2D eigenvalue weighted by molar-refractivity contribution is 0.306. The summed E-state index contributed by atoms with van der Waals surface area (Å²) in [6.45, 7) is 9.69. The van der Waals surface area contributed by atoms with Crippen molar-refractivity contribution in [2.45, 2.75) is 34.1 Å². The second-order valence-corrected chi connectivity index (χ2v) is 5.85. The van der Waals surface area contributed by atoms with Crippen molar-refractivity contribution in [1.82, 2.24) is 0 Å². The van der Waals surface area contributed by atoms with Crippen LogP contribution in [0.2, 0.25) is 0 Å². The number of nitrogen functional groups attached to an aromatic ring is 1. The lowest BCUT2D eigenvalue weighted by Crippen LogP contribution is -2.24. The van der Waals surface area contributed by atoms with Crippen molar-refractivity contribution in [2.75, 3.05) is 17.6 Å². The Hall–Kier alpha value is -1.25. The van der Waals surface area contributed by atoms with Crippen molar-refractivity contribution in [3.05, 3.63) is 24.0 Å². The number of hydrogen-bond donors (Lipinski definition) is 2. The minimum atomic E-state index is -0.364. The van der Waals surface area contributed by atoms with E-state index in [-0.39, 0.29) is 16.9 Å². The molecule has 3 heteroatoms. The summed E-state index contributed by atoms with van der Waals surface area (Å²) in [6, 6.07) is 4.85. The molecule has 17 heavy (non-hydrogen) atoms. The van der Waals surface area contributed by atoms with Crippen LogP contribution in [0.25, 0.3) is 0 Å². The fourth-order valence-electron chi connectivity index (χ4n) is 2.16. The second kappa shape index (κ2) is 5.39. The molecule has 0 aliphatic carbocycles. The van der Waals surface area contributed by atoms with Crippen LogP contribution in [0.3, 0.4) is 0 Å². The highest BCUT2D eigenvalue weighted by molar-refractivity contribution is 5.52. The number of anilines is 2. The van der Waals surface area contributed by atoms with Gasteiger partial charge in [0.2, 0.25) is 0 Å². The van der Waals surface area contributed by atoms with Crippen LogP contribution in [-0.2, 0) is 0 Å². The Kier molecular flexibility index (Phi) is 4.38. The number of nitrogens with two attached hydrogens (primary N) is 1. The minimum Gasteiger partial charge on any atom is -0.396 e.